The van der Waals surface area contributed by atoms with E-state index in [4.69, 9.17) is 22.1 Å². The van der Waals surface area contributed by atoms with Crippen molar-refractivity contribution >= 4 is 11.6 Å². The number of aryl methyl sites for hydroxylation is 2. The molecule has 0 fully saturated rings. The number of ether oxygens (including phenoxy) is 1. The molecule has 0 aliphatic heterocycles. The molecule has 2 rings (SSSR count). The number of benzene rings is 1. The highest BCUT2D eigenvalue weighted by molar-refractivity contribution is 6.30. The molecule has 0 aliphatic carbocycles. The molecular formula is C13H15ClFN3O. The van der Waals surface area contributed by atoms with Crippen molar-refractivity contribution in [2.75, 3.05) is 0 Å². The summed E-state index contributed by atoms with van der Waals surface area (Å²) in [5.74, 6) is -0.253. The molecule has 0 radical (unpaired) electrons. The van der Waals surface area contributed by atoms with Gasteiger partial charge in [0.1, 0.15) is 11.8 Å². The average molecular weight is 284 g/mol. The highest BCUT2D eigenvalue weighted by Gasteiger charge is 2.13. The summed E-state index contributed by atoms with van der Waals surface area (Å²) < 4.78 is 20.7. The molecule has 1 heterocycles. The van der Waals surface area contributed by atoms with Crippen molar-refractivity contribution in [2.45, 2.75) is 20.1 Å². The van der Waals surface area contributed by atoms with Crippen LogP contribution in [0.3, 0.4) is 0 Å². The van der Waals surface area contributed by atoms with Crippen molar-refractivity contribution in [1.82, 2.24) is 9.78 Å². The van der Waals surface area contributed by atoms with E-state index in [0.717, 1.165) is 16.8 Å². The van der Waals surface area contributed by atoms with E-state index >= 15 is 0 Å². The lowest BCUT2D eigenvalue weighted by atomic mass is 10.2. The fraction of sp³-hybridized carbons (Fsp3) is 0.308. The van der Waals surface area contributed by atoms with Gasteiger partial charge in [0, 0.05) is 19.2 Å². The summed E-state index contributed by atoms with van der Waals surface area (Å²) in [5.41, 5.74) is 7.69. The molecule has 6 heteroatoms. The molecule has 0 unspecified atom stereocenters. The summed E-state index contributed by atoms with van der Waals surface area (Å²) in [4.78, 5) is 0. The van der Waals surface area contributed by atoms with Gasteiger partial charge in [-0.1, -0.05) is 17.7 Å². The Bertz CT molecular complexity index is 598. The first-order chi connectivity index (χ1) is 9.02. The topological polar surface area (TPSA) is 53.1 Å². The van der Waals surface area contributed by atoms with Gasteiger partial charge in [-0.2, -0.15) is 5.10 Å². The van der Waals surface area contributed by atoms with Crippen molar-refractivity contribution in [2.24, 2.45) is 12.8 Å². The maximum absolute atomic E-state index is 13.7. The molecule has 4 nitrogen and oxygen atoms in total. The molecule has 0 saturated heterocycles. The van der Waals surface area contributed by atoms with Gasteiger partial charge < -0.3 is 10.5 Å². The average Bonchev–Trinajstić information content (AvgIpc) is 2.62. The van der Waals surface area contributed by atoms with E-state index in [2.05, 4.69) is 5.10 Å². The van der Waals surface area contributed by atoms with Gasteiger partial charge in [-0.3, -0.25) is 4.68 Å². The number of nitrogens with two attached hydrogens (primary N) is 1. The zero-order valence-corrected chi connectivity index (χ0v) is 11.5. The molecule has 2 aromatic rings. The van der Waals surface area contributed by atoms with E-state index in [1.165, 1.54) is 6.07 Å². The molecule has 1 aromatic carbocycles. The summed E-state index contributed by atoms with van der Waals surface area (Å²) in [6.45, 7) is 2.31. The Morgan fingerprint density at radius 1 is 1.47 bits per heavy atom. The third-order valence-corrected chi connectivity index (χ3v) is 3.35. The Balaban J connectivity index is 2.14. The van der Waals surface area contributed by atoms with Crippen LogP contribution in [0.2, 0.25) is 5.15 Å². The number of halogens is 2. The first-order valence-electron chi connectivity index (χ1n) is 5.82. The molecule has 0 saturated carbocycles. The zero-order valence-electron chi connectivity index (χ0n) is 10.8. The Morgan fingerprint density at radius 2 is 2.21 bits per heavy atom. The first-order valence-corrected chi connectivity index (χ1v) is 6.20. The summed E-state index contributed by atoms with van der Waals surface area (Å²) in [6.07, 6.45) is 0. The van der Waals surface area contributed by atoms with Crippen LogP contribution < -0.4 is 10.5 Å². The lowest BCUT2D eigenvalue weighted by Gasteiger charge is -2.08. The monoisotopic (exact) mass is 283 g/mol. The number of aromatic nitrogens is 2. The lowest BCUT2D eigenvalue weighted by molar-refractivity contribution is 0.289. The van der Waals surface area contributed by atoms with Gasteiger partial charge in [0.2, 0.25) is 0 Å². The number of hydrogen-bond donors (Lipinski definition) is 1. The van der Waals surface area contributed by atoms with E-state index < -0.39 is 5.82 Å². The van der Waals surface area contributed by atoms with Crippen LogP contribution in [-0.4, -0.2) is 9.78 Å². The minimum Gasteiger partial charge on any atom is -0.486 e. The van der Waals surface area contributed by atoms with Crippen LogP contribution in [0.15, 0.2) is 18.2 Å². The van der Waals surface area contributed by atoms with Crippen molar-refractivity contribution in [3.8, 4) is 5.75 Å². The van der Waals surface area contributed by atoms with Crippen LogP contribution >= 0.6 is 11.6 Å². The minimum atomic E-state index is -0.430. The van der Waals surface area contributed by atoms with Gasteiger partial charge in [0.25, 0.3) is 0 Å². The van der Waals surface area contributed by atoms with Crippen LogP contribution in [-0.2, 0) is 20.2 Å². The number of nitrogens with zero attached hydrogens (tertiary/aromatic N) is 2. The molecule has 19 heavy (non-hydrogen) atoms. The van der Waals surface area contributed by atoms with Gasteiger partial charge >= 0.3 is 0 Å². The van der Waals surface area contributed by atoms with Gasteiger partial charge in [0.05, 0.1) is 5.69 Å². The maximum Gasteiger partial charge on any atom is 0.165 e. The number of hydrogen-bond acceptors (Lipinski definition) is 3. The van der Waals surface area contributed by atoms with Crippen molar-refractivity contribution < 1.29 is 9.13 Å². The van der Waals surface area contributed by atoms with Crippen LogP contribution in [0.1, 0.15) is 16.8 Å². The third kappa shape index (κ3) is 2.88. The first kappa shape index (κ1) is 13.8. The Labute approximate surface area is 115 Å². The standard InChI is InChI=1S/C13H15ClFN3O/c1-8-10(13(14)18(2)17-8)7-19-12-4-3-9(6-16)5-11(12)15/h3-5H,6-7,16H2,1-2H3. The molecule has 2 N–H and O–H groups in total. The van der Waals surface area contributed by atoms with E-state index in [0.29, 0.717) is 11.7 Å². The van der Waals surface area contributed by atoms with Crippen LogP contribution in [0, 0.1) is 12.7 Å². The fourth-order valence-electron chi connectivity index (χ4n) is 1.78. The van der Waals surface area contributed by atoms with Gasteiger partial charge in [-0.25, -0.2) is 4.39 Å². The largest absolute Gasteiger partial charge is 0.486 e. The molecular weight excluding hydrogens is 269 g/mol. The zero-order chi connectivity index (χ0) is 14.0. The third-order valence-electron chi connectivity index (χ3n) is 2.87. The second kappa shape index (κ2) is 5.59. The minimum absolute atomic E-state index is 0.177. The fourth-order valence-corrected chi connectivity index (χ4v) is 2.01. The molecule has 0 bridgehead atoms. The van der Waals surface area contributed by atoms with Crippen molar-refractivity contribution in [3.05, 3.63) is 46.0 Å². The highest BCUT2D eigenvalue weighted by Crippen LogP contribution is 2.23. The molecule has 0 spiro atoms. The van der Waals surface area contributed by atoms with Crippen LogP contribution in [0.25, 0.3) is 0 Å². The van der Waals surface area contributed by atoms with E-state index in [9.17, 15) is 4.39 Å². The van der Waals surface area contributed by atoms with Gasteiger partial charge in [-0.15, -0.1) is 0 Å². The molecule has 0 atom stereocenters. The molecule has 102 valence electrons. The Morgan fingerprint density at radius 3 is 2.74 bits per heavy atom. The smallest absolute Gasteiger partial charge is 0.165 e. The maximum atomic E-state index is 13.7. The van der Waals surface area contributed by atoms with E-state index in [-0.39, 0.29) is 12.4 Å². The summed E-state index contributed by atoms with van der Waals surface area (Å²) in [5, 5.41) is 4.66. The SMILES string of the molecule is Cc1nn(C)c(Cl)c1COc1ccc(CN)cc1F. The molecule has 0 amide bonds. The summed E-state index contributed by atoms with van der Waals surface area (Å²) in [6, 6.07) is 4.67. The molecule has 1 aromatic heterocycles. The highest BCUT2D eigenvalue weighted by atomic mass is 35.5. The van der Waals surface area contributed by atoms with Crippen molar-refractivity contribution in [3.63, 3.8) is 0 Å². The predicted octanol–water partition coefficient (Wildman–Crippen LogP) is 2.56. The van der Waals surface area contributed by atoms with Gasteiger partial charge in [-0.05, 0) is 24.6 Å². The normalized spacial score (nSPS) is 10.8. The van der Waals surface area contributed by atoms with E-state index in [1.807, 2.05) is 6.92 Å². The second-order valence-electron chi connectivity index (χ2n) is 4.24. The van der Waals surface area contributed by atoms with Crippen molar-refractivity contribution in [1.29, 1.82) is 0 Å². The Kier molecular flexibility index (Phi) is 4.07. The predicted molar refractivity (Wildman–Crippen MR) is 71.6 cm³/mol. The van der Waals surface area contributed by atoms with E-state index in [1.54, 1.807) is 23.9 Å². The quantitative estimate of drug-likeness (QED) is 0.938. The molecule has 0 aliphatic rings. The summed E-state index contributed by atoms with van der Waals surface area (Å²) >= 11 is 6.08. The Hall–Kier alpha value is -1.59. The second-order valence-corrected chi connectivity index (χ2v) is 4.59. The van der Waals surface area contributed by atoms with Crippen LogP contribution in [0.4, 0.5) is 4.39 Å². The van der Waals surface area contributed by atoms with Crippen LogP contribution in [0.5, 0.6) is 5.75 Å². The number of rotatable bonds is 4. The lowest BCUT2D eigenvalue weighted by Crippen LogP contribution is -2.01. The van der Waals surface area contributed by atoms with Gasteiger partial charge in [0.15, 0.2) is 11.6 Å². The summed E-state index contributed by atoms with van der Waals surface area (Å²) in [7, 11) is 1.75.